The minimum atomic E-state index is -4.50. The molecular formula is C17H20F3NO3. The van der Waals surface area contributed by atoms with Gasteiger partial charge in [0.2, 0.25) is 0 Å². The molecule has 0 saturated heterocycles. The van der Waals surface area contributed by atoms with Crippen LogP contribution < -0.4 is 0 Å². The van der Waals surface area contributed by atoms with E-state index < -0.39 is 29.5 Å². The van der Waals surface area contributed by atoms with Gasteiger partial charge in [0.25, 0.3) is 5.91 Å². The number of hydrogen-bond acceptors (Lipinski definition) is 3. The van der Waals surface area contributed by atoms with Crippen molar-refractivity contribution < 1.29 is 27.5 Å². The van der Waals surface area contributed by atoms with Crippen molar-refractivity contribution in [2.45, 2.75) is 38.9 Å². The Bertz CT molecular complexity index is 611. The van der Waals surface area contributed by atoms with E-state index in [0.29, 0.717) is 0 Å². The fourth-order valence-corrected chi connectivity index (χ4v) is 2.43. The molecule has 0 heterocycles. The van der Waals surface area contributed by atoms with Crippen LogP contribution in [0, 0.1) is 5.92 Å². The lowest BCUT2D eigenvalue weighted by Gasteiger charge is -2.25. The number of benzene rings is 1. The monoisotopic (exact) mass is 343 g/mol. The number of alkyl halides is 3. The molecule has 1 aromatic rings. The number of esters is 1. The second-order valence-electron chi connectivity index (χ2n) is 5.92. The van der Waals surface area contributed by atoms with Gasteiger partial charge in [0.05, 0.1) is 18.1 Å². The Morgan fingerprint density at radius 1 is 1.33 bits per heavy atom. The van der Waals surface area contributed by atoms with E-state index in [1.54, 1.807) is 13.8 Å². The van der Waals surface area contributed by atoms with Gasteiger partial charge >= 0.3 is 12.1 Å². The molecule has 1 aliphatic rings. The maximum atomic E-state index is 12.8. The maximum Gasteiger partial charge on any atom is 0.416 e. The number of carbonyl (C=O) groups excluding carboxylic acids is 2. The predicted molar refractivity (Wildman–Crippen MR) is 81.3 cm³/mol. The first-order valence-corrected chi connectivity index (χ1v) is 7.89. The molecule has 1 fully saturated rings. The Labute approximate surface area is 138 Å². The molecule has 1 saturated carbocycles. The third kappa shape index (κ3) is 4.49. The predicted octanol–water partition coefficient (Wildman–Crippen LogP) is 3.51. The number of amides is 1. The van der Waals surface area contributed by atoms with E-state index in [1.165, 1.54) is 17.0 Å². The summed E-state index contributed by atoms with van der Waals surface area (Å²) in [5.41, 5.74) is -0.879. The van der Waals surface area contributed by atoms with Crippen LogP contribution in [-0.4, -0.2) is 36.0 Å². The van der Waals surface area contributed by atoms with Crippen LogP contribution in [0.3, 0.4) is 0 Å². The largest absolute Gasteiger partial charge is 0.466 e. The lowest BCUT2D eigenvalue weighted by molar-refractivity contribution is -0.147. The summed E-state index contributed by atoms with van der Waals surface area (Å²) in [5.74, 6) is -1.43. The summed E-state index contributed by atoms with van der Waals surface area (Å²) in [4.78, 5) is 25.9. The van der Waals surface area contributed by atoms with Crippen LogP contribution in [0.1, 0.15) is 42.6 Å². The first-order chi connectivity index (χ1) is 11.2. The molecule has 132 valence electrons. The second-order valence-corrected chi connectivity index (χ2v) is 5.92. The number of halogens is 3. The Balaban J connectivity index is 2.17. The van der Waals surface area contributed by atoms with Crippen molar-refractivity contribution >= 4 is 11.9 Å². The Morgan fingerprint density at radius 2 is 2.00 bits per heavy atom. The Kier molecular flexibility index (Phi) is 5.51. The lowest BCUT2D eigenvalue weighted by Crippen LogP contribution is -2.39. The van der Waals surface area contributed by atoms with Crippen molar-refractivity contribution in [1.82, 2.24) is 4.90 Å². The average molecular weight is 343 g/mol. The molecule has 4 nitrogen and oxygen atoms in total. The van der Waals surface area contributed by atoms with Gasteiger partial charge in [-0.15, -0.1) is 0 Å². The number of hydrogen-bond donors (Lipinski definition) is 0. The second kappa shape index (κ2) is 7.23. The van der Waals surface area contributed by atoms with Gasteiger partial charge in [-0.2, -0.15) is 13.2 Å². The van der Waals surface area contributed by atoms with Crippen molar-refractivity contribution in [3.63, 3.8) is 0 Å². The Morgan fingerprint density at radius 3 is 2.54 bits per heavy atom. The van der Waals surface area contributed by atoms with E-state index >= 15 is 0 Å². The van der Waals surface area contributed by atoms with Gasteiger partial charge in [-0.3, -0.25) is 9.59 Å². The van der Waals surface area contributed by atoms with E-state index in [-0.39, 0.29) is 24.8 Å². The van der Waals surface area contributed by atoms with Crippen molar-refractivity contribution in [3.05, 3.63) is 35.4 Å². The van der Waals surface area contributed by atoms with Crippen LogP contribution in [-0.2, 0) is 15.7 Å². The van der Waals surface area contributed by atoms with Gasteiger partial charge in [0.1, 0.15) is 0 Å². The van der Waals surface area contributed by atoms with Gasteiger partial charge in [0, 0.05) is 18.2 Å². The van der Waals surface area contributed by atoms with Gasteiger partial charge in [-0.05, 0) is 38.0 Å². The quantitative estimate of drug-likeness (QED) is 0.743. The van der Waals surface area contributed by atoms with Crippen LogP contribution in [0.4, 0.5) is 13.2 Å². The molecule has 0 N–H and O–H groups in total. The summed E-state index contributed by atoms with van der Waals surface area (Å²) in [5, 5.41) is 0. The standard InChI is InChI=1S/C17H20F3NO3/c1-3-24-16(23)11(2)10-21(14-7-8-14)15(22)12-5-4-6-13(9-12)17(18,19)20/h4-6,9,11,14H,3,7-8,10H2,1-2H3. The molecule has 0 aliphatic heterocycles. The third-order valence-electron chi connectivity index (χ3n) is 3.84. The highest BCUT2D eigenvalue weighted by atomic mass is 19.4. The summed E-state index contributed by atoms with van der Waals surface area (Å²) >= 11 is 0. The molecule has 2 rings (SSSR count). The number of nitrogens with zero attached hydrogens (tertiary/aromatic N) is 1. The highest BCUT2D eigenvalue weighted by Crippen LogP contribution is 2.32. The fraction of sp³-hybridized carbons (Fsp3) is 0.529. The van der Waals surface area contributed by atoms with Gasteiger partial charge in [-0.1, -0.05) is 13.0 Å². The first kappa shape index (κ1) is 18.3. The molecule has 24 heavy (non-hydrogen) atoms. The van der Waals surface area contributed by atoms with Crippen molar-refractivity contribution in [3.8, 4) is 0 Å². The maximum absolute atomic E-state index is 12.8. The highest BCUT2D eigenvalue weighted by Gasteiger charge is 2.36. The normalized spacial score (nSPS) is 15.7. The van der Waals surface area contributed by atoms with E-state index in [4.69, 9.17) is 4.74 Å². The number of carbonyl (C=O) groups is 2. The molecule has 7 heteroatoms. The number of rotatable bonds is 6. The van der Waals surface area contributed by atoms with Crippen LogP contribution in [0.15, 0.2) is 24.3 Å². The summed E-state index contributed by atoms with van der Waals surface area (Å²) in [6, 6.07) is 4.34. The SMILES string of the molecule is CCOC(=O)C(C)CN(C(=O)c1cccc(C(F)(F)F)c1)C1CC1. The Hall–Kier alpha value is -2.05. The zero-order valence-corrected chi connectivity index (χ0v) is 13.6. The van der Waals surface area contributed by atoms with E-state index in [0.717, 1.165) is 25.0 Å². The molecule has 1 unspecified atom stereocenters. The highest BCUT2D eigenvalue weighted by molar-refractivity contribution is 5.95. The van der Waals surface area contributed by atoms with Crippen LogP contribution in [0.25, 0.3) is 0 Å². The van der Waals surface area contributed by atoms with E-state index in [2.05, 4.69) is 0 Å². The molecule has 0 aromatic heterocycles. The molecule has 1 amide bonds. The zero-order chi connectivity index (χ0) is 17.9. The minimum Gasteiger partial charge on any atom is -0.466 e. The van der Waals surface area contributed by atoms with E-state index in [9.17, 15) is 22.8 Å². The molecule has 1 atom stereocenters. The summed E-state index contributed by atoms with van der Waals surface area (Å²) in [7, 11) is 0. The molecular weight excluding hydrogens is 323 g/mol. The number of ether oxygens (including phenoxy) is 1. The first-order valence-electron chi connectivity index (χ1n) is 7.89. The van der Waals surface area contributed by atoms with Crippen molar-refractivity contribution in [2.24, 2.45) is 5.92 Å². The van der Waals surface area contributed by atoms with E-state index in [1.807, 2.05) is 0 Å². The summed E-state index contributed by atoms with van der Waals surface area (Å²) < 4.78 is 43.4. The lowest BCUT2D eigenvalue weighted by atomic mass is 10.1. The summed E-state index contributed by atoms with van der Waals surface area (Å²) in [6.45, 7) is 3.72. The zero-order valence-electron chi connectivity index (χ0n) is 13.6. The van der Waals surface area contributed by atoms with Crippen LogP contribution >= 0.6 is 0 Å². The van der Waals surface area contributed by atoms with Crippen LogP contribution in [0.2, 0.25) is 0 Å². The van der Waals surface area contributed by atoms with Gasteiger partial charge in [0.15, 0.2) is 0 Å². The van der Waals surface area contributed by atoms with Crippen LogP contribution in [0.5, 0.6) is 0 Å². The molecule has 0 bridgehead atoms. The molecule has 0 spiro atoms. The van der Waals surface area contributed by atoms with Crippen molar-refractivity contribution in [1.29, 1.82) is 0 Å². The van der Waals surface area contributed by atoms with Crippen molar-refractivity contribution in [2.75, 3.05) is 13.2 Å². The third-order valence-corrected chi connectivity index (χ3v) is 3.84. The smallest absolute Gasteiger partial charge is 0.416 e. The average Bonchev–Trinajstić information content (AvgIpc) is 3.36. The topological polar surface area (TPSA) is 46.6 Å². The summed E-state index contributed by atoms with van der Waals surface area (Å²) in [6.07, 6.45) is -2.92. The van der Waals surface area contributed by atoms with Gasteiger partial charge < -0.3 is 9.64 Å². The fourth-order valence-electron chi connectivity index (χ4n) is 2.43. The minimum absolute atomic E-state index is 0.0206. The van der Waals surface area contributed by atoms with Gasteiger partial charge in [-0.25, -0.2) is 0 Å². The molecule has 1 aromatic carbocycles. The molecule has 1 aliphatic carbocycles. The molecule has 0 radical (unpaired) electrons.